The van der Waals surface area contributed by atoms with E-state index in [9.17, 15) is 4.79 Å². The fourth-order valence-corrected chi connectivity index (χ4v) is 2.89. The molecule has 1 aliphatic rings. The SMILES string of the molecule is CC1CCCC(C)CC(=O)C(C(C)C)CC1. The maximum atomic E-state index is 12.2. The third-order valence-corrected chi connectivity index (χ3v) is 4.13. The number of hydrogen-bond acceptors (Lipinski definition) is 1. The summed E-state index contributed by atoms with van der Waals surface area (Å²) in [5.41, 5.74) is 0. The highest BCUT2D eigenvalue weighted by molar-refractivity contribution is 5.81. The second-order valence-electron chi connectivity index (χ2n) is 6.24. The molecule has 1 nitrogen and oxygen atoms in total. The number of ketones is 1. The molecule has 0 saturated heterocycles. The van der Waals surface area contributed by atoms with E-state index >= 15 is 0 Å². The third-order valence-electron chi connectivity index (χ3n) is 4.13. The molecule has 0 N–H and O–H groups in total. The van der Waals surface area contributed by atoms with Crippen molar-refractivity contribution in [2.75, 3.05) is 0 Å². The van der Waals surface area contributed by atoms with E-state index in [2.05, 4.69) is 27.7 Å². The Balaban J connectivity index is 2.64. The molecule has 1 fully saturated rings. The first kappa shape index (κ1) is 13.7. The molecule has 3 unspecified atom stereocenters. The Morgan fingerprint density at radius 2 is 1.62 bits per heavy atom. The molecular weight excluding hydrogens is 196 g/mol. The maximum Gasteiger partial charge on any atom is 0.136 e. The summed E-state index contributed by atoms with van der Waals surface area (Å²) in [6.45, 7) is 8.98. The molecule has 0 aliphatic heterocycles. The molecule has 0 aromatic heterocycles. The summed E-state index contributed by atoms with van der Waals surface area (Å²) in [5, 5.41) is 0. The molecule has 0 aromatic rings. The van der Waals surface area contributed by atoms with Crippen molar-refractivity contribution in [2.24, 2.45) is 23.7 Å². The summed E-state index contributed by atoms with van der Waals surface area (Å²) >= 11 is 0. The minimum Gasteiger partial charge on any atom is -0.299 e. The lowest BCUT2D eigenvalue weighted by Gasteiger charge is -2.25. The summed E-state index contributed by atoms with van der Waals surface area (Å²) in [7, 11) is 0. The van der Waals surface area contributed by atoms with Gasteiger partial charge in [-0.15, -0.1) is 0 Å². The van der Waals surface area contributed by atoms with Crippen molar-refractivity contribution in [3.63, 3.8) is 0 Å². The van der Waals surface area contributed by atoms with E-state index in [1.165, 1.54) is 25.7 Å². The molecule has 0 amide bonds. The van der Waals surface area contributed by atoms with Crippen molar-refractivity contribution in [1.29, 1.82) is 0 Å². The van der Waals surface area contributed by atoms with Gasteiger partial charge in [0, 0.05) is 12.3 Å². The van der Waals surface area contributed by atoms with Crippen LogP contribution in [0.15, 0.2) is 0 Å². The standard InChI is InChI=1S/C15H28O/c1-11(2)14-9-8-12(3)6-5-7-13(4)10-15(14)16/h11-14H,5-10H2,1-4H3. The van der Waals surface area contributed by atoms with Gasteiger partial charge in [0.1, 0.15) is 5.78 Å². The van der Waals surface area contributed by atoms with Crippen LogP contribution < -0.4 is 0 Å². The summed E-state index contributed by atoms with van der Waals surface area (Å²) in [5.74, 6) is 2.77. The van der Waals surface area contributed by atoms with Crippen LogP contribution in [0.3, 0.4) is 0 Å². The largest absolute Gasteiger partial charge is 0.299 e. The Morgan fingerprint density at radius 3 is 2.25 bits per heavy atom. The zero-order valence-electron chi connectivity index (χ0n) is 11.5. The first-order chi connectivity index (χ1) is 7.50. The van der Waals surface area contributed by atoms with Crippen molar-refractivity contribution >= 4 is 5.78 Å². The van der Waals surface area contributed by atoms with E-state index in [0.29, 0.717) is 23.5 Å². The van der Waals surface area contributed by atoms with Crippen molar-refractivity contribution < 1.29 is 4.79 Å². The summed E-state index contributed by atoms with van der Waals surface area (Å²) in [6.07, 6.45) is 7.07. The number of carbonyl (C=O) groups is 1. The predicted octanol–water partition coefficient (Wildman–Crippen LogP) is 4.45. The van der Waals surface area contributed by atoms with Crippen molar-refractivity contribution in [3.05, 3.63) is 0 Å². The molecule has 1 rings (SSSR count). The zero-order chi connectivity index (χ0) is 12.1. The highest BCUT2D eigenvalue weighted by Gasteiger charge is 2.24. The summed E-state index contributed by atoms with van der Waals surface area (Å²) in [6, 6.07) is 0. The van der Waals surface area contributed by atoms with Crippen molar-refractivity contribution in [1.82, 2.24) is 0 Å². The monoisotopic (exact) mass is 224 g/mol. The van der Waals surface area contributed by atoms with Crippen LogP contribution in [0.5, 0.6) is 0 Å². The Hall–Kier alpha value is -0.330. The topological polar surface area (TPSA) is 17.1 Å². The molecule has 0 heterocycles. The number of hydrogen-bond donors (Lipinski definition) is 0. The molecule has 16 heavy (non-hydrogen) atoms. The maximum absolute atomic E-state index is 12.2. The second-order valence-corrected chi connectivity index (χ2v) is 6.24. The van der Waals surface area contributed by atoms with Crippen LogP contribution in [0, 0.1) is 23.7 Å². The minimum absolute atomic E-state index is 0.322. The van der Waals surface area contributed by atoms with Gasteiger partial charge in [0.15, 0.2) is 0 Å². The molecule has 1 saturated carbocycles. The van der Waals surface area contributed by atoms with Gasteiger partial charge in [-0.25, -0.2) is 0 Å². The number of rotatable bonds is 1. The van der Waals surface area contributed by atoms with Crippen LogP contribution in [-0.4, -0.2) is 5.78 Å². The molecule has 0 radical (unpaired) electrons. The molecular formula is C15H28O. The Kier molecular flexibility index (Phi) is 5.51. The molecule has 1 aliphatic carbocycles. The Bertz CT molecular complexity index is 219. The number of carbonyl (C=O) groups excluding carboxylic acids is 1. The van der Waals surface area contributed by atoms with Gasteiger partial charge in [0.2, 0.25) is 0 Å². The van der Waals surface area contributed by atoms with E-state index in [-0.39, 0.29) is 0 Å². The van der Waals surface area contributed by atoms with Crippen LogP contribution >= 0.6 is 0 Å². The highest BCUT2D eigenvalue weighted by atomic mass is 16.1. The first-order valence-corrected chi connectivity index (χ1v) is 7.03. The minimum atomic E-state index is 0.322. The van der Waals surface area contributed by atoms with E-state index in [4.69, 9.17) is 0 Å². The average molecular weight is 224 g/mol. The molecule has 0 spiro atoms. The van der Waals surface area contributed by atoms with Crippen molar-refractivity contribution in [3.8, 4) is 0 Å². The molecule has 3 atom stereocenters. The predicted molar refractivity (Wildman–Crippen MR) is 69.4 cm³/mol. The van der Waals surface area contributed by atoms with Gasteiger partial charge < -0.3 is 0 Å². The molecule has 94 valence electrons. The third kappa shape index (κ3) is 4.27. The van der Waals surface area contributed by atoms with Crippen LogP contribution in [0.4, 0.5) is 0 Å². The van der Waals surface area contributed by atoms with Gasteiger partial charge >= 0.3 is 0 Å². The van der Waals surface area contributed by atoms with Gasteiger partial charge in [-0.3, -0.25) is 4.79 Å². The van der Waals surface area contributed by atoms with E-state index in [0.717, 1.165) is 18.8 Å². The zero-order valence-corrected chi connectivity index (χ0v) is 11.5. The molecule has 1 heteroatoms. The van der Waals surface area contributed by atoms with Crippen molar-refractivity contribution in [2.45, 2.75) is 66.2 Å². The van der Waals surface area contributed by atoms with E-state index < -0.39 is 0 Å². The van der Waals surface area contributed by atoms with E-state index in [1.807, 2.05) is 0 Å². The number of Topliss-reactive ketones (excluding diaryl/α,β-unsaturated/α-hetero) is 1. The summed E-state index contributed by atoms with van der Waals surface area (Å²) in [4.78, 5) is 12.2. The van der Waals surface area contributed by atoms with Crippen LogP contribution in [0.25, 0.3) is 0 Å². The van der Waals surface area contributed by atoms with Gasteiger partial charge in [0.05, 0.1) is 0 Å². The smallest absolute Gasteiger partial charge is 0.136 e. The Morgan fingerprint density at radius 1 is 1.00 bits per heavy atom. The van der Waals surface area contributed by atoms with E-state index in [1.54, 1.807) is 0 Å². The first-order valence-electron chi connectivity index (χ1n) is 7.03. The van der Waals surface area contributed by atoms with Gasteiger partial charge in [-0.1, -0.05) is 53.4 Å². The van der Waals surface area contributed by atoms with Crippen LogP contribution in [0.1, 0.15) is 66.2 Å². The quantitative estimate of drug-likeness (QED) is 0.643. The molecule has 0 aromatic carbocycles. The van der Waals surface area contributed by atoms with Gasteiger partial charge in [-0.2, -0.15) is 0 Å². The lowest BCUT2D eigenvalue weighted by molar-refractivity contribution is -0.125. The van der Waals surface area contributed by atoms with Crippen LogP contribution in [0.2, 0.25) is 0 Å². The fourth-order valence-electron chi connectivity index (χ4n) is 2.89. The fraction of sp³-hybridized carbons (Fsp3) is 0.933. The van der Waals surface area contributed by atoms with Gasteiger partial charge in [0.25, 0.3) is 0 Å². The summed E-state index contributed by atoms with van der Waals surface area (Å²) < 4.78 is 0. The van der Waals surface area contributed by atoms with Crippen LogP contribution in [-0.2, 0) is 4.79 Å². The van der Waals surface area contributed by atoms with Gasteiger partial charge in [-0.05, 0) is 24.2 Å². The Labute approximate surface area is 101 Å². The molecule has 0 bridgehead atoms. The lowest BCUT2D eigenvalue weighted by atomic mass is 9.79. The lowest BCUT2D eigenvalue weighted by Crippen LogP contribution is -2.23. The normalized spacial score (nSPS) is 34.1. The average Bonchev–Trinajstić information content (AvgIpc) is 2.16. The second kappa shape index (κ2) is 6.42. The highest BCUT2D eigenvalue weighted by Crippen LogP contribution is 2.28.